The SMILES string of the molecule is c1ccc(C2(c3ccccc3)c3cc(-c4cccnc4)ccc3-c3ccc(-c4cccc(-c5cc6cc7ccccc7nc6c6ccccc56)c4)cc32)cc1. The minimum absolute atomic E-state index is 0.524. The summed E-state index contributed by atoms with van der Waals surface area (Å²) in [5.41, 5.74) is 16.2. The number of hydrogen-bond acceptors (Lipinski definition) is 2. The zero-order valence-corrected chi connectivity index (χ0v) is 30.0. The summed E-state index contributed by atoms with van der Waals surface area (Å²) in [6, 6.07) is 71.0. The molecule has 10 aromatic rings. The molecule has 2 heterocycles. The highest BCUT2D eigenvalue weighted by Gasteiger charge is 2.46. The van der Waals surface area contributed by atoms with Crippen LogP contribution in [0.3, 0.4) is 0 Å². The summed E-state index contributed by atoms with van der Waals surface area (Å²) in [5.74, 6) is 0. The van der Waals surface area contributed by atoms with Gasteiger partial charge in [-0.3, -0.25) is 4.98 Å². The Kier molecular flexibility index (Phi) is 7.11. The van der Waals surface area contributed by atoms with Crippen molar-refractivity contribution in [2.24, 2.45) is 0 Å². The normalized spacial score (nSPS) is 12.9. The van der Waals surface area contributed by atoms with Crippen molar-refractivity contribution in [3.63, 3.8) is 0 Å². The monoisotopic (exact) mass is 698 g/mol. The van der Waals surface area contributed by atoms with E-state index in [0.29, 0.717) is 0 Å². The van der Waals surface area contributed by atoms with E-state index < -0.39 is 5.41 Å². The molecule has 0 aliphatic heterocycles. The van der Waals surface area contributed by atoms with Crippen LogP contribution in [0.4, 0.5) is 0 Å². The van der Waals surface area contributed by atoms with Crippen molar-refractivity contribution in [2.45, 2.75) is 5.41 Å². The first kappa shape index (κ1) is 31.4. The van der Waals surface area contributed by atoms with E-state index >= 15 is 0 Å². The first-order chi connectivity index (χ1) is 27.3. The summed E-state index contributed by atoms with van der Waals surface area (Å²) < 4.78 is 0. The molecule has 1 aliphatic carbocycles. The van der Waals surface area contributed by atoms with Crippen LogP contribution in [-0.4, -0.2) is 9.97 Å². The molecule has 55 heavy (non-hydrogen) atoms. The van der Waals surface area contributed by atoms with Crippen molar-refractivity contribution in [1.82, 2.24) is 9.97 Å². The number of aromatic nitrogens is 2. The number of para-hydroxylation sites is 1. The average molecular weight is 699 g/mol. The molecule has 11 rings (SSSR count). The lowest BCUT2D eigenvalue weighted by atomic mass is 9.67. The van der Waals surface area contributed by atoms with E-state index in [2.05, 4.69) is 193 Å². The zero-order valence-electron chi connectivity index (χ0n) is 30.0. The summed E-state index contributed by atoms with van der Waals surface area (Å²) in [6.45, 7) is 0. The van der Waals surface area contributed by atoms with E-state index in [9.17, 15) is 0 Å². The maximum atomic E-state index is 5.14. The van der Waals surface area contributed by atoms with Crippen LogP contribution in [-0.2, 0) is 5.41 Å². The molecule has 1 aliphatic rings. The van der Waals surface area contributed by atoms with Crippen molar-refractivity contribution < 1.29 is 0 Å². The minimum atomic E-state index is -0.524. The predicted octanol–water partition coefficient (Wildman–Crippen LogP) is 13.3. The van der Waals surface area contributed by atoms with Crippen LogP contribution < -0.4 is 0 Å². The van der Waals surface area contributed by atoms with Gasteiger partial charge in [-0.25, -0.2) is 4.98 Å². The number of rotatable bonds is 5. The molecule has 8 aromatic carbocycles. The molecular formula is C53H34N2. The van der Waals surface area contributed by atoms with Crippen LogP contribution in [0.15, 0.2) is 207 Å². The van der Waals surface area contributed by atoms with Gasteiger partial charge in [-0.2, -0.15) is 0 Å². The van der Waals surface area contributed by atoms with E-state index in [1.54, 1.807) is 0 Å². The Morgan fingerprint density at radius 3 is 1.67 bits per heavy atom. The lowest BCUT2D eigenvalue weighted by molar-refractivity contribution is 0.769. The fourth-order valence-electron chi connectivity index (χ4n) is 9.10. The van der Waals surface area contributed by atoms with Gasteiger partial charge >= 0.3 is 0 Å². The zero-order chi connectivity index (χ0) is 36.3. The molecular weight excluding hydrogens is 665 g/mol. The summed E-state index contributed by atoms with van der Waals surface area (Å²) in [7, 11) is 0. The average Bonchev–Trinajstić information content (AvgIpc) is 3.56. The molecule has 256 valence electrons. The molecule has 0 spiro atoms. The van der Waals surface area contributed by atoms with E-state index in [1.807, 2.05) is 18.5 Å². The van der Waals surface area contributed by atoms with Crippen molar-refractivity contribution in [3.05, 3.63) is 229 Å². The minimum Gasteiger partial charge on any atom is -0.264 e. The molecule has 0 amide bonds. The predicted molar refractivity (Wildman–Crippen MR) is 228 cm³/mol. The quantitative estimate of drug-likeness (QED) is 0.132. The van der Waals surface area contributed by atoms with Gasteiger partial charge in [0.25, 0.3) is 0 Å². The van der Waals surface area contributed by atoms with E-state index in [4.69, 9.17) is 4.98 Å². The molecule has 0 saturated heterocycles. The maximum absolute atomic E-state index is 5.14. The largest absolute Gasteiger partial charge is 0.264 e. The second-order valence-corrected chi connectivity index (χ2v) is 14.5. The van der Waals surface area contributed by atoms with Crippen molar-refractivity contribution >= 4 is 32.6 Å². The van der Waals surface area contributed by atoms with Gasteiger partial charge in [0.05, 0.1) is 16.4 Å². The highest BCUT2D eigenvalue weighted by atomic mass is 14.7. The number of pyridine rings is 2. The number of benzene rings is 8. The third-order valence-electron chi connectivity index (χ3n) is 11.6. The van der Waals surface area contributed by atoms with Crippen molar-refractivity contribution in [2.75, 3.05) is 0 Å². The number of fused-ring (bicyclic) bond motifs is 7. The molecule has 0 atom stereocenters. The van der Waals surface area contributed by atoms with Crippen LogP contribution in [0.1, 0.15) is 22.3 Å². The standard InChI is InChI=1S/C53H34N2/c1-3-17-42(18-4-1)53(43-19-5-2-6-20-43)49-32-36(24-26-45(49)46-27-25-37(33-50(46)53)40-16-12-28-54-34-40)35-14-11-15-38(29-35)48-31-41-30-39-13-7-10-23-51(39)55-52(41)47-22-9-8-21-44(47)48/h1-34H. The fraction of sp³-hybridized carbons (Fsp3) is 0.0189. The lowest BCUT2D eigenvalue weighted by Gasteiger charge is -2.34. The first-order valence-electron chi connectivity index (χ1n) is 18.9. The third-order valence-corrected chi connectivity index (χ3v) is 11.6. The van der Waals surface area contributed by atoms with E-state index in [0.717, 1.165) is 32.9 Å². The van der Waals surface area contributed by atoms with E-state index in [1.165, 1.54) is 66.4 Å². The molecule has 2 nitrogen and oxygen atoms in total. The van der Waals surface area contributed by atoms with Crippen molar-refractivity contribution in [3.8, 4) is 44.5 Å². The second-order valence-electron chi connectivity index (χ2n) is 14.5. The Bertz CT molecular complexity index is 3040. The molecule has 0 bridgehead atoms. The summed E-state index contributed by atoms with van der Waals surface area (Å²) in [6.07, 6.45) is 3.79. The third kappa shape index (κ3) is 4.89. The molecule has 0 N–H and O–H groups in total. The lowest BCUT2D eigenvalue weighted by Crippen LogP contribution is -2.28. The smallest absolute Gasteiger partial charge is 0.0788 e. The Balaban J connectivity index is 1.12. The van der Waals surface area contributed by atoms with Crippen LogP contribution in [0.25, 0.3) is 77.1 Å². The van der Waals surface area contributed by atoms with Gasteiger partial charge in [0.1, 0.15) is 0 Å². The Morgan fingerprint density at radius 1 is 0.364 bits per heavy atom. The summed E-state index contributed by atoms with van der Waals surface area (Å²) in [4.78, 5) is 9.60. The van der Waals surface area contributed by atoms with Crippen LogP contribution in [0, 0.1) is 0 Å². The molecule has 0 saturated carbocycles. The van der Waals surface area contributed by atoms with Crippen LogP contribution in [0.2, 0.25) is 0 Å². The summed E-state index contributed by atoms with van der Waals surface area (Å²) >= 11 is 0. The van der Waals surface area contributed by atoms with Gasteiger partial charge in [0, 0.05) is 28.6 Å². The highest BCUT2D eigenvalue weighted by molar-refractivity contribution is 6.14. The Labute approximate surface area is 320 Å². The molecule has 0 radical (unpaired) electrons. The molecule has 0 fully saturated rings. The van der Waals surface area contributed by atoms with Gasteiger partial charge in [-0.05, 0) is 115 Å². The van der Waals surface area contributed by atoms with Gasteiger partial charge in [0.15, 0.2) is 0 Å². The molecule has 2 aromatic heterocycles. The first-order valence-corrected chi connectivity index (χ1v) is 18.9. The van der Waals surface area contributed by atoms with Gasteiger partial charge in [-0.1, -0.05) is 152 Å². The Hall–Kier alpha value is -7.16. The highest BCUT2D eigenvalue weighted by Crippen LogP contribution is 2.57. The number of hydrogen-bond donors (Lipinski definition) is 0. The van der Waals surface area contributed by atoms with Gasteiger partial charge in [0.2, 0.25) is 0 Å². The Morgan fingerprint density at radius 2 is 0.964 bits per heavy atom. The van der Waals surface area contributed by atoms with Crippen molar-refractivity contribution in [1.29, 1.82) is 0 Å². The molecule has 2 heteroatoms. The van der Waals surface area contributed by atoms with Gasteiger partial charge < -0.3 is 0 Å². The maximum Gasteiger partial charge on any atom is 0.0788 e. The summed E-state index contributed by atoms with van der Waals surface area (Å²) in [5, 5.41) is 4.67. The fourth-order valence-corrected chi connectivity index (χ4v) is 9.10. The van der Waals surface area contributed by atoms with Crippen LogP contribution in [0.5, 0.6) is 0 Å². The second kappa shape index (κ2) is 12.5. The van der Waals surface area contributed by atoms with Gasteiger partial charge in [-0.15, -0.1) is 0 Å². The van der Waals surface area contributed by atoms with E-state index in [-0.39, 0.29) is 0 Å². The topological polar surface area (TPSA) is 25.8 Å². The number of nitrogens with zero attached hydrogens (tertiary/aromatic N) is 2. The van der Waals surface area contributed by atoms with Crippen LogP contribution >= 0.6 is 0 Å². The molecule has 0 unspecified atom stereocenters.